The summed E-state index contributed by atoms with van der Waals surface area (Å²) in [5.41, 5.74) is 0. The highest BCUT2D eigenvalue weighted by atomic mass is 32.2. The van der Waals surface area contributed by atoms with Gasteiger partial charge in [0.15, 0.2) is 0 Å². The Labute approximate surface area is 91.2 Å². The smallest absolute Gasteiger partial charge is 0.309 e. The second kappa shape index (κ2) is 7.12. The third kappa shape index (κ3) is 5.50. The van der Waals surface area contributed by atoms with E-state index < -0.39 is 0 Å². The van der Waals surface area contributed by atoms with Crippen LogP contribution in [0.1, 0.15) is 13.8 Å². The lowest BCUT2D eigenvalue weighted by atomic mass is 10.1. The molecule has 0 fully saturated rings. The molecule has 0 aromatic carbocycles. The Kier molecular flexibility index (Phi) is 7.01. The number of ether oxygens (including phenoxy) is 1. The van der Waals surface area contributed by atoms with Crippen LogP contribution in [0.15, 0.2) is 0 Å². The van der Waals surface area contributed by atoms with Gasteiger partial charge in [-0.2, -0.15) is 11.8 Å². The van der Waals surface area contributed by atoms with Crippen LogP contribution in [0.4, 0.5) is 0 Å². The van der Waals surface area contributed by atoms with Gasteiger partial charge in [0.1, 0.15) is 0 Å². The standard InChI is InChI=1S/C10H21NO2S/c1-8(10(12)13-5)9(2)14-7-6-11(3)4/h8-9H,6-7H2,1-5H3. The summed E-state index contributed by atoms with van der Waals surface area (Å²) in [5, 5.41) is 0.322. The number of rotatable bonds is 6. The van der Waals surface area contributed by atoms with E-state index in [0.29, 0.717) is 5.25 Å². The van der Waals surface area contributed by atoms with Gasteiger partial charge >= 0.3 is 5.97 Å². The van der Waals surface area contributed by atoms with Gasteiger partial charge in [0.05, 0.1) is 13.0 Å². The fourth-order valence-corrected chi connectivity index (χ4v) is 2.19. The van der Waals surface area contributed by atoms with Crippen molar-refractivity contribution in [2.24, 2.45) is 5.92 Å². The monoisotopic (exact) mass is 219 g/mol. The zero-order valence-corrected chi connectivity index (χ0v) is 10.6. The van der Waals surface area contributed by atoms with Crippen LogP contribution in [-0.4, -0.2) is 49.6 Å². The van der Waals surface area contributed by atoms with Crippen LogP contribution >= 0.6 is 11.8 Å². The maximum atomic E-state index is 11.2. The highest BCUT2D eigenvalue weighted by molar-refractivity contribution is 7.99. The quantitative estimate of drug-likeness (QED) is 0.633. The fraction of sp³-hybridized carbons (Fsp3) is 0.900. The van der Waals surface area contributed by atoms with Crippen LogP contribution in [0.2, 0.25) is 0 Å². The Bertz CT molecular complexity index is 174. The number of esters is 1. The maximum Gasteiger partial charge on any atom is 0.309 e. The topological polar surface area (TPSA) is 29.5 Å². The zero-order chi connectivity index (χ0) is 11.1. The molecule has 0 aliphatic heterocycles. The van der Waals surface area contributed by atoms with Crippen LogP contribution in [0.5, 0.6) is 0 Å². The Hall–Kier alpha value is -0.220. The second-order valence-corrected chi connectivity index (χ2v) is 5.18. The van der Waals surface area contributed by atoms with Crippen LogP contribution in [0.25, 0.3) is 0 Å². The van der Waals surface area contributed by atoms with Crippen molar-refractivity contribution in [2.45, 2.75) is 19.1 Å². The van der Waals surface area contributed by atoms with E-state index in [1.54, 1.807) is 0 Å². The predicted molar refractivity (Wildman–Crippen MR) is 61.7 cm³/mol. The molecular weight excluding hydrogens is 198 g/mol. The van der Waals surface area contributed by atoms with Crippen molar-refractivity contribution >= 4 is 17.7 Å². The van der Waals surface area contributed by atoms with Gasteiger partial charge in [-0.3, -0.25) is 4.79 Å². The van der Waals surface area contributed by atoms with Crippen molar-refractivity contribution in [1.82, 2.24) is 4.90 Å². The summed E-state index contributed by atoms with van der Waals surface area (Å²) in [5.74, 6) is 0.914. The van der Waals surface area contributed by atoms with E-state index in [2.05, 4.69) is 25.9 Å². The molecule has 0 rings (SSSR count). The Morgan fingerprint density at radius 3 is 2.43 bits per heavy atom. The molecule has 0 amide bonds. The van der Waals surface area contributed by atoms with Crippen molar-refractivity contribution in [3.05, 3.63) is 0 Å². The SMILES string of the molecule is COC(=O)C(C)C(C)SCCN(C)C. The molecule has 0 saturated heterocycles. The van der Waals surface area contributed by atoms with Crippen molar-refractivity contribution in [1.29, 1.82) is 0 Å². The van der Waals surface area contributed by atoms with Gasteiger partial charge < -0.3 is 9.64 Å². The molecule has 0 saturated carbocycles. The number of nitrogens with zero attached hydrogens (tertiary/aromatic N) is 1. The summed E-state index contributed by atoms with van der Waals surface area (Å²) in [7, 11) is 5.54. The van der Waals surface area contributed by atoms with E-state index in [4.69, 9.17) is 4.74 Å². The molecular formula is C10H21NO2S. The first-order chi connectivity index (χ1) is 6.49. The van der Waals surface area contributed by atoms with Crippen molar-refractivity contribution in [3.8, 4) is 0 Å². The van der Waals surface area contributed by atoms with Crippen LogP contribution in [-0.2, 0) is 9.53 Å². The maximum absolute atomic E-state index is 11.2. The molecule has 84 valence electrons. The minimum Gasteiger partial charge on any atom is -0.469 e. The first-order valence-electron chi connectivity index (χ1n) is 4.83. The minimum absolute atomic E-state index is 0.0211. The Morgan fingerprint density at radius 1 is 1.43 bits per heavy atom. The summed E-state index contributed by atoms with van der Waals surface area (Å²) in [4.78, 5) is 13.3. The molecule has 0 aromatic rings. The summed E-state index contributed by atoms with van der Waals surface area (Å²) >= 11 is 1.81. The molecule has 2 unspecified atom stereocenters. The third-order valence-electron chi connectivity index (χ3n) is 2.20. The highest BCUT2D eigenvalue weighted by Gasteiger charge is 2.20. The lowest BCUT2D eigenvalue weighted by Gasteiger charge is -2.18. The average Bonchev–Trinajstić information content (AvgIpc) is 2.14. The number of thioether (sulfide) groups is 1. The first kappa shape index (κ1) is 13.8. The molecule has 3 nitrogen and oxygen atoms in total. The predicted octanol–water partition coefficient (Wildman–Crippen LogP) is 1.48. The molecule has 0 radical (unpaired) electrons. The summed E-state index contributed by atoms with van der Waals surface area (Å²) in [6, 6.07) is 0. The summed E-state index contributed by atoms with van der Waals surface area (Å²) in [6.45, 7) is 5.03. The molecule has 0 heterocycles. The first-order valence-corrected chi connectivity index (χ1v) is 5.88. The molecule has 0 bridgehead atoms. The van der Waals surface area contributed by atoms with Crippen LogP contribution in [0.3, 0.4) is 0 Å². The van der Waals surface area contributed by atoms with Gasteiger partial charge in [-0.15, -0.1) is 0 Å². The van der Waals surface area contributed by atoms with Crippen molar-refractivity contribution in [2.75, 3.05) is 33.5 Å². The normalized spacial score (nSPS) is 15.3. The van der Waals surface area contributed by atoms with Gasteiger partial charge in [-0.05, 0) is 14.1 Å². The Balaban J connectivity index is 3.72. The molecule has 0 aromatic heterocycles. The molecule has 14 heavy (non-hydrogen) atoms. The lowest BCUT2D eigenvalue weighted by molar-refractivity contribution is -0.144. The summed E-state index contributed by atoms with van der Waals surface area (Å²) in [6.07, 6.45) is 0. The largest absolute Gasteiger partial charge is 0.469 e. The van der Waals surface area contributed by atoms with Crippen LogP contribution in [0, 0.1) is 5.92 Å². The van der Waals surface area contributed by atoms with Gasteiger partial charge in [-0.1, -0.05) is 13.8 Å². The Morgan fingerprint density at radius 2 is 2.00 bits per heavy atom. The molecule has 0 aliphatic carbocycles. The van der Waals surface area contributed by atoms with E-state index in [-0.39, 0.29) is 11.9 Å². The lowest BCUT2D eigenvalue weighted by Crippen LogP contribution is -2.24. The molecule has 0 spiro atoms. The molecule has 4 heteroatoms. The van der Waals surface area contributed by atoms with Gasteiger partial charge in [-0.25, -0.2) is 0 Å². The second-order valence-electron chi connectivity index (χ2n) is 3.69. The van der Waals surface area contributed by atoms with Crippen LogP contribution < -0.4 is 0 Å². The number of hydrogen-bond donors (Lipinski definition) is 0. The van der Waals surface area contributed by atoms with E-state index in [0.717, 1.165) is 12.3 Å². The number of carbonyl (C=O) groups is 1. The van der Waals surface area contributed by atoms with Crippen molar-refractivity contribution in [3.63, 3.8) is 0 Å². The number of methoxy groups -OCH3 is 1. The van der Waals surface area contributed by atoms with E-state index >= 15 is 0 Å². The van der Waals surface area contributed by atoms with E-state index in [1.165, 1.54) is 7.11 Å². The molecule has 0 N–H and O–H groups in total. The molecule has 0 aliphatic rings. The van der Waals surface area contributed by atoms with Crippen molar-refractivity contribution < 1.29 is 9.53 Å². The average molecular weight is 219 g/mol. The number of hydrogen-bond acceptors (Lipinski definition) is 4. The molecule has 2 atom stereocenters. The van der Waals surface area contributed by atoms with Gasteiger partial charge in [0.25, 0.3) is 0 Å². The highest BCUT2D eigenvalue weighted by Crippen LogP contribution is 2.19. The van der Waals surface area contributed by atoms with E-state index in [1.807, 2.05) is 18.7 Å². The van der Waals surface area contributed by atoms with Gasteiger partial charge in [0.2, 0.25) is 0 Å². The fourth-order valence-electron chi connectivity index (χ4n) is 0.943. The summed E-state index contributed by atoms with van der Waals surface area (Å²) < 4.78 is 4.70. The van der Waals surface area contributed by atoms with Gasteiger partial charge in [0, 0.05) is 17.5 Å². The number of carbonyl (C=O) groups excluding carboxylic acids is 1. The minimum atomic E-state index is -0.116. The third-order valence-corrected chi connectivity index (χ3v) is 3.55. The van der Waals surface area contributed by atoms with E-state index in [9.17, 15) is 4.79 Å². The zero-order valence-electron chi connectivity index (χ0n) is 9.74.